The van der Waals surface area contributed by atoms with E-state index in [1.54, 1.807) is 6.92 Å². The zero-order chi connectivity index (χ0) is 16.2. The largest absolute Gasteiger partial charge is 0.416 e. The fourth-order valence-corrected chi connectivity index (χ4v) is 1.63. The summed E-state index contributed by atoms with van der Waals surface area (Å²) >= 11 is 0. The molecule has 0 radical (unpaired) electrons. The van der Waals surface area contributed by atoms with Crippen molar-refractivity contribution < 1.29 is 22.9 Å². The summed E-state index contributed by atoms with van der Waals surface area (Å²) in [4.78, 5) is 21.5. The zero-order valence-electron chi connectivity index (χ0n) is 11.1. The van der Waals surface area contributed by atoms with Gasteiger partial charge in [0.15, 0.2) is 0 Å². The van der Waals surface area contributed by atoms with Gasteiger partial charge in [0.2, 0.25) is 5.91 Å². The van der Waals surface area contributed by atoms with Crippen molar-refractivity contribution in [2.24, 2.45) is 5.73 Å². The molecule has 0 saturated carbocycles. The number of nitrogens with one attached hydrogen (secondary N) is 1. The Morgan fingerprint density at radius 2 is 2.10 bits per heavy atom. The lowest BCUT2D eigenvalue weighted by Gasteiger charge is -2.12. The molecule has 0 bridgehead atoms. The highest BCUT2D eigenvalue weighted by molar-refractivity contribution is 5.96. The molecule has 1 aromatic carbocycles. The average molecular weight is 305 g/mol. The van der Waals surface area contributed by atoms with Crippen LogP contribution in [0.4, 0.5) is 24.5 Å². The van der Waals surface area contributed by atoms with E-state index in [4.69, 9.17) is 5.73 Å². The van der Waals surface area contributed by atoms with Crippen LogP contribution in [0.15, 0.2) is 18.2 Å². The van der Waals surface area contributed by atoms with Crippen molar-refractivity contribution in [1.29, 1.82) is 0 Å². The maximum Gasteiger partial charge on any atom is 0.416 e. The van der Waals surface area contributed by atoms with Crippen LogP contribution in [0.25, 0.3) is 0 Å². The van der Waals surface area contributed by atoms with Gasteiger partial charge in [-0.25, -0.2) is 0 Å². The van der Waals surface area contributed by atoms with Crippen molar-refractivity contribution >= 4 is 17.3 Å². The molecule has 1 atom stereocenters. The number of nitrogens with two attached hydrogens (primary N) is 1. The quantitative estimate of drug-likeness (QED) is 0.645. The van der Waals surface area contributed by atoms with E-state index in [0.29, 0.717) is 25.0 Å². The number of benzene rings is 1. The summed E-state index contributed by atoms with van der Waals surface area (Å²) in [6, 6.07) is 1.00. The van der Waals surface area contributed by atoms with Gasteiger partial charge in [-0.3, -0.25) is 14.9 Å². The Morgan fingerprint density at radius 3 is 2.57 bits per heavy atom. The molecule has 1 amide bonds. The molecule has 0 aliphatic heterocycles. The minimum atomic E-state index is -4.70. The zero-order valence-corrected chi connectivity index (χ0v) is 11.1. The second-order valence-electron chi connectivity index (χ2n) is 4.37. The first-order valence-corrected chi connectivity index (χ1v) is 6.09. The third-order valence-corrected chi connectivity index (χ3v) is 2.72. The number of hydrogen-bond donors (Lipinski definition) is 2. The molecule has 0 unspecified atom stereocenters. The molecular weight excluding hydrogens is 291 g/mol. The second-order valence-corrected chi connectivity index (χ2v) is 4.37. The van der Waals surface area contributed by atoms with Gasteiger partial charge < -0.3 is 11.1 Å². The molecule has 116 valence electrons. The van der Waals surface area contributed by atoms with E-state index in [2.05, 4.69) is 5.32 Å². The Labute approximate surface area is 118 Å². The fraction of sp³-hybridized carbons (Fsp3) is 0.417. The van der Waals surface area contributed by atoms with Crippen LogP contribution < -0.4 is 11.1 Å². The van der Waals surface area contributed by atoms with Crippen LogP contribution in [0.1, 0.15) is 25.3 Å². The molecule has 21 heavy (non-hydrogen) atoms. The van der Waals surface area contributed by atoms with E-state index in [1.807, 2.05) is 0 Å². The molecule has 0 aliphatic rings. The summed E-state index contributed by atoms with van der Waals surface area (Å²) in [6.07, 6.45) is -3.71. The third kappa shape index (κ3) is 4.42. The first-order valence-electron chi connectivity index (χ1n) is 6.09. The SMILES string of the molecule is CCC[C@H](N)C(=O)Nc1ccc(C(F)(F)F)cc1[N+](=O)[O-]. The minimum absolute atomic E-state index is 0.315. The van der Waals surface area contributed by atoms with Gasteiger partial charge in [-0.2, -0.15) is 13.2 Å². The van der Waals surface area contributed by atoms with Crippen molar-refractivity contribution in [1.82, 2.24) is 0 Å². The summed E-state index contributed by atoms with van der Waals surface area (Å²) in [5.74, 6) is -0.681. The van der Waals surface area contributed by atoms with Gasteiger partial charge in [-0.15, -0.1) is 0 Å². The monoisotopic (exact) mass is 305 g/mol. The number of nitrogens with zero attached hydrogens (tertiary/aromatic N) is 1. The number of rotatable bonds is 5. The molecule has 3 N–H and O–H groups in total. The molecule has 9 heteroatoms. The van der Waals surface area contributed by atoms with Gasteiger partial charge in [-0.05, 0) is 18.6 Å². The van der Waals surface area contributed by atoms with Crippen molar-refractivity contribution in [3.8, 4) is 0 Å². The Morgan fingerprint density at radius 1 is 1.48 bits per heavy atom. The van der Waals surface area contributed by atoms with Gasteiger partial charge in [0.1, 0.15) is 5.69 Å². The van der Waals surface area contributed by atoms with Crippen molar-refractivity contribution in [2.75, 3.05) is 5.32 Å². The third-order valence-electron chi connectivity index (χ3n) is 2.72. The minimum Gasteiger partial charge on any atom is -0.320 e. The van der Waals surface area contributed by atoms with E-state index in [-0.39, 0.29) is 5.69 Å². The Hall–Kier alpha value is -2.16. The number of alkyl halides is 3. The average Bonchev–Trinajstić information content (AvgIpc) is 2.37. The number of nitro groups is 1. The maximum absolute atomic E-state index is 12.5. The van der Waals surface area contributed by atoms with Gasteiger partial charge in [0.05, 0.1) is 16.5 Å². The molecule has 6 nitrogen and oxygen atoms in total. The van der Waals surface area contributed by atoms with Crippen LogP contribution in [-0.2, 0) is 11.0 Å². The number of nitro benzene ring substituents is 1. The number of carbonyl (C=O) groups is 1. The van der Waals surface area contributed by atoms with E-state index in [1.165, 1.54) is 0 Å². The van der Waals surface area contributed by atoms with Crippen LogP contribution in [0, 0.1) is 10.1 Å². The normalized spacial score (nSPS) is 12.8. The van der Waals surface area contributed by atoms with Crippen LogP contribution in [0.3, 0.4) is 0 Å². The van der Waals surface area contributed by atoms with E-state index < -0.39 is 34.3 Å². The summed E-state index contributed by atoms with van der Waals surface area (Å²) in [7, 11) is 0. The highest BCUT2D eigenvalue weighted by atomic mass is 19.4. The number of hydrogen-bond acceptors (Lipinski definition) is 4. The number of amides is 1. The molecule has 0 spiro atoms. The Balaban J connectivity index is 3.08. The summed E-state index contributed by atoms with van der Waals surface area (Å²) in [5, 5.41) is 13.0. The van der Waals surface area contributed by atoms with E-state index >= 15 is 0 Å². The first-order chi connectivity index (χ1) is 9.66. The maximum atomic E-state index is 12.5. The lowest BCUT2D eigenvalue weighted by atomic mass is 10.1. The molecule has 0 fully saturated rings. The molecule has 1 rings (SSSR count). The predicted molar refractivity (Wildman–Crippen MR) is 69.6 cm³/mol. The number of halogens is 3. The van der Waals surface area contributed by atoms with Gasteiger partial charge in [0, 0.05) is 6.07 Å². The van der Waals surface area contributed by atoms with E-state index in [0.717, 1.165) is 6.07 Å². The second kappa shape index (κ2) is 6.53. The van der Waals surface area contributed by atoms with Crippen LogP contribution in [0.5, 0.6) is 0 Å². The summed E-state index contributed by atoms with van der Waals surface area (Å²) in [6.45, 7) is 1.80. The Bertz CT molecular complexity index is 546. The standard InChI is InChI=1S/C12H14F3N3O3/c1-2-3-8(16)11(19)17-9-5-4-7(12(13,14)15)6-10(9)18(20)21/h4-6,8H,2-3,16H2,1H3,(H,17,19)/t8-/m0/s1. The van der Waals surface area contributed by atoms with E-state index in [9.17, 15) is 28.1 Å². The number of carbonyl (C=O) groups excluding carboxylic acids is 1. The number of anilines is 1. The molecule has 0 aromatic heterocycles. The first kappa shape index (κ1) is 16.9. The smallest absolute Gasteiger partial charge is 0.320 e. The summed E-state index contributed by atoms with van der Waals surface area (Å²) in [5.41, 5.74) is 3.23. The predicted octanol–water partition coefficient (Wildman–Crippen LogP) is 2.68. The van der Waals surface area contributed by atoms with Crippen LogP contribution in [-0.4, -0.2) is 16.9 Å². The highest BCUT2D eigenvalue weighted by Gasteiger charge is 2.33. The van der Waals surface area contributed by atoms with Crippen LogP contribution in [0.2, 0.25) is 0 Å². The highest BCUT2D eigenvalue weighted by Crippen LogP contribution is 2.34. The van der Waals surface area contributed by atoms with Gasteiger partial charge in [-0.1, -0.05) is 13.3 Å². The van der Waals surface area contributed by atoms with Gasteiger partial charge in [0.25, 0.3) is 5.69 Å². The lowest BCUT2D eigenvalue weighted by molar-refractivity contribution is -0.384. The molecule has 1 aromatic rings. The molecule has 0 aliphatic carbocycles. The fourth-order valence-electron chi connectivity index (χ4n) is 1.63. The lowest BCUT2D eigenvalue weighted by Crippen LogP contribution is -2.35. The Kier molecular flexibility index (Phi) is 5.25. The van der Waals surface area contributed by atoms with Crippen molar-refractivity contribution in [2.45, 2.75) is 32.0 Å². The van der Waals surface area contributed by atoms with Crippen molar-refractivity contribution in [3.05, 3.63) is 33.9 Å². The molecular formula is C12H14F3N3O3. The van der Waals surface area contributed by atoms with Crippen LogP contribution >= 0.6 is 0 Å². The summed E-state index contributed by atoms with van der Waals surface area (Å²) < 4.78 is 37.6. The molecule has 0 saturated heterocycles. The topological polar surface area (TPSA) is 98.3 Å². The van der Waals surface area contributed by atoms with Gasteiger partial charge >= 0.3 is 6.18 Å². The van der Waals surface area contributed by atoms with Crippen molar-refractivity contribution in [3.63, 3.8) is 0 Å². The molecule has 0 heterocycles.